The molecule has 0 atom stereocenters. The highest BCUT2D eigenvalue weighted by molar-refractivity contribution is 7.86. The third kappa shape index (κ3) is 2.25. The molecule has 0 fully saturated rings. The smallest absolute Gasteiger partial charge is 0.0287 e. The molecule has 18 heavy (non-hydrogen) atoms. The van der Waals surface area contributed by atoms with Crippen LogP contribution >= 0.6 is 0 Å². The summed E-state index contributed by atoms with van der Waals surface area (Å²) in [4.78, 5) is 2.35. The van der Waals surface area contributed by atoms with Crippen molar-refractivity contribution >= 4 is 10.7 Å². The van der Waals surface area contributed by atoms with E-state index in [-0.39, 0.29) is 0 Å². The molecular formula is C16H19NS. The van der Waals surface area contributed by atoms with Gasteiger partial charge in [-0.2, -0.15) is 0 Å². The monoisotopic (exact) mass is 257 g/mol. The van der Waals surface area contributed by atoms with Crippen LogP contribution in [-0.2, 0) is 10.7 Å². The van der Waals surface area contributed by atoms with Gasteiger partial charge in [0.15, 0.2) is 0 Å². The molecule has 2 aromatic carbocycles. The minimum Gasteiger partial charge on any atom is -0.271 e. The van der Waals surface area contributed by atoms with E-state index in [4.69, 9.17) is 4.78 Å². The Hall–Kier alpha value is -1.41. The first kappa shape index (κ1) is 13.0. The number of nitrogens with one attached hydrogen (secondary N) is 1. The summed E-state index contributed by atoms with van der Waals surface area (Å²) < 4.78 is 8.65. The second-order valence-corrected chi connectivity index (χ2v) is 6.18. The molecule has 2 heteroatoms. The van der Waals surface area contributed by atoms with Crippen molar-refractivity contribution in [1.82, 2.24) is 0 Å². The fourth-order valence-electron chi connectivity index (χ4n) is 2.34. The maximum absolute atomic E-state index is 8.65. The van der Waals surface area contributed by atoms with Crippen LogP contribution in [0.15, 0.2) is 46.2 Å². The molecule has 0 aliphatic rings. The van der Waals surface area contributed by atoms with Crippen LogP contribution in [0, 0.1) is 32.5 Å². The van der Waals surface area contributed by atoms with Gasteiger partial charge in [-0.3, -0.25) is 4.78 Å². The van der Waals surface area contributed by atoms with Crippen LogP contribution in [0.25, 0.3) is 0 Å². The van der Waals surface area contributed by atoms with E-state index in [0.29, 0.717) is 0 Å². The van der Waals surface area contributed by atoms with Crippen molar-refractivity contribution in [2.75, 3.05) is 0 Å². The molecule has 0 unspecified atom stereocenters. The summed E-state index contributed by atoms with van der Waals surface area (Å²) in [5.74, 6) is 0. The molecule has 0 radical (unpaired) electrons. The van der Waals surface area contributed by atoms with Crippen molar-refractivity contribution < 1.29 is 0 Å². The molecule has 1 nitrogen and oxygen atoms in total. The lowest BCUT2D eigenvalue weighted by Crippen LogP contribution is -2.01. The normalized spacial score (nSPS) is 10.9. The van der Waals surface area contributed by atoms with Crippen LogP contribution < -0.4 is 0 Å². The molecule has 0 aromatic heterocycles. The molecule has 94 valence electrons. The van der Waals surface area contributed by atoms with E-state index in [1.54, 1.807) is 0 Å². The summed E-state index contributed by atoms with van der Waals surface area (Å²) in [6.07, 6.45) is 0. The first-order chi connectivity index (χ1) is 8.52. The molecule has 0 spiro atoms. The van der Waals surface area contributed by atoms with Gasteiger partial charge in [-0.05, 0) is 60.6 Å². The lowest BCUT2D eigenvalue weighted by atomic mass is 10.1. The van der Waals surface area contributed by atoms with E-state index in [1.165, 1.54) is 32.0 Å². The quantitative estimate of drug-likeness (QED) is 0.805. The third-order valence-corrected chi connectivity index (χ3v) is 5.33. The number of rotatable bonds is 2. The molecule has 2 rings (SSSR count). The summed E-state index contributed by atoms with van der Waals surface area (Å²) in [5, 5.41) is 0. The molecule has 0 saturated carbocycles. The molecule has 1 N–H and O–H groups in total. The highest BCUT2D eigenvalue weighted by Gasteiger charge is 2.13. The fourth-order valence-corrected chi connectivity index (χ4v) is 4.11. The summed E-state index contributed by atoms with van der Waals surface area (Å²) in [7, 11) is -0.593. The molecule has 0 amide bonds. The Bertz CT molecular complexity index is 520. The topological polar surface area (TPSA) is 23.9 Å². The van der Waals surface area contributed by atoms with Crippen LogP contribution in [0.4, 0.5) is 0 Å². The highest BCUT2D eigenvalue weighted by Crippen LogP contribution is 2.28. The first-order valence-corrected chi connectivity index (χ1v) is 7.33. The maximum Gasteiger partial charge on any atom is 0.0287 e. The van der Waals surface area contributed by atoms with E-state index < -0.39 is 10.7 Å². The zero-order valence-electron chi connectivity index (χ0n) is 11.4. The fraction of sp³-hybridized carbons (Fsp3) is 0.250. The van der Waals surface area contributed by atoms with Gasteiger partial charge in [-0.15, -0.1) is 0 Å². The number of benzene rings is 2. The van der Waals surface area contributed by atoms with Crippen molar-refractivity contribution in [2.45, 2.75) is 37.5 Å². The van der Waals surface area contributed by atoms with Gasteiger partial charge in [0.1, 0.15) is 0 Å². The van der Waals surface area contributed by atoms with Crippen LogP contribution in [-0.4, -0.2) is 0 Å². The predicted octanol–water partition coefficient (Wildman–Crippen LogP) is 4.72. The average Bonchev–Trinajstić information content (AvgIpc) is 2.28. The Labute approximate surface area is 112 Å². The van der Waals surface area contributed by atoms with Crippen LogP contribution in [0.1, 0.15) is 22.3 Å². The maximum atomic E-state index is 8.65. The van der Waals surface area contributed by atoms with Gasteiger partial charge < -0.3 is 0 Å². The van der Waals surface area contributed by atoms with Gasteiger partial charge in [0.2, 0.25) is 0 Å². The summed E-state index contributed by atoms with van der Waals surface area (Å²) in [6.45, 7) is 8.41. The largest absolute Gasteiger partial charge is 0.271 e. The van der Waals surface area contributed by atoms with Crippen LogP contribution in [0.5, 0.6) is 0 Å². The van der Waals surface area contributed by atoms with Crippen LogP contribution in [0.3, 0.4) is 0 Å². The Balaban J connectivity index is 2.63. The standard InChI is InChI=1S/C16H19NS/c1-11-7-5-8-12(2)15(11)18(17)16-13(3)9-6-10-14(16)4/h5-10,17H,1-4H3. The second-order valence-electron chi connectivity index (χ2n) is 4.75. The summed E-state index contributed by atoms with van der Waals surface area (Å²) in [6, 6.07) is 12.5. The minimum atomic E-state index is -0.593. The Morgan fingerprint density at radius 1 is 0.667 bits per heavy atom. The van der Waals surface area contributed by atoms with Crippen molar-refractivity contribution in [3.63, 3.8) is 0 Å². The molecule has 0 heterocycles. The zero-order chi connectivity index (χ0) is 13.3. The first-order valence-electron chi connectivity index (χ1n) is 6.10. The van der Waals surface area contributed by atoms with E-state index >= 15 is 0 Å². The van der Waals surface area contributed by atoms with Crippen LogP contribution in [0.2, 0.25) is 0 Å². The van der Waals surface area contributed by atoms with Crippen molar-refractivity contribution in [2.24, 2.45) is 0 Å². The van der Waals surface area contributed by atoms with Crippen molar-refractivity contribution in [3.8, 4) is 0 Å². The Morgan fingerprint density at radius 3 is 1.22 bits per heavy atom. The molecule has 0 saturated heterocycles. The predicted molar refractivity (Wildman–Crippen MR) is 78.4 cm³/mol. The molecule has 2 aromatic rings. The molecule has 0 aliphatic heterocycles. The average molecular weight is 257 g/mol. The SMILES string of the molecule is Cc1cccc(C)c1S(=N)c1c(C)cccc1C. The third-order valence-electron chi connectivity index (χ3n) is 3.23. The highest BCUT2D eigenvalue weighted by atomic mass is 32.2. The van der Waals surface area contributed by atoms with E-state index in [9.17, 15) is 0 Å². The van der Waals surface area contributed by atoms with Crippen molar-refractivity contribution in [3.05, 3.63) is 58.7 Å². The molecule has 0 bridgehead atoms. The van der Waals surface area contributed by atoms with Gasteiger partial charge in [-0.1, -0.05) is 36.4 Å². The van der Waals surface area contributed by atoms with Gasteiger partial charge in [0.05, 0.1) is 0 Å². The number of aryl methyl sites for hydroxylation is 4. The zero-order valence-corrected chi connectivity index (χ0v) is 12.2. The lowest BCUT2D eigenvalue weighted by Gasteiger charge is -2.16. The second kappa shape index (κ2) is 5.07. The Morgan fingerprint density at radius 2 is 0.944 bits per heavy atom. The van der Waals surface area contributed by atoms with Gasteiger partial charge in [-0.25, -0.2) is 0 Å². The number of hydrogen-bond acceptors (Lipinski definition) is 1. The van der Waals surface area contributed by atoms with Gasteiger partial charge in [0, 0.05) is 9.79 Å². The molecular weight excluding hydrogens is 238 g/mol. The van der Waals surface area contributed by atoms with E-state index in [0.717, 1.165) is 0 Å². The lowest BCUT2D eigenvalue weighted by molar-refractivity contribution is 1.16. The van der Waals surface area contributed by atoms with E-state index in [1.807, 2.05) is 0 Å². The summed E-state index contributed by atoms with van der Waals surface area (Å²) >= 11 is 0. The van der Waals surface area contributed by atoms with Gasteiger partial charge >= 0.3 is 0 Å². The van der Waals surface area contributed by atoms with Gasteiger partial charge in [0.25, 0.3) is 0 Å². The molecule has 0 aliphatic carbocycles. The number of hydrogen-bond donors (Lipinski definition) is 1. The van der Waals surface area contributed by atoms with Crippen molar-refractivity contribution in [1.29, 1.82) is 4.78 Å². The summed E-state index contributed by atoms with van der Waals surface area (Å²) in [5.41, 5.74) is 4.87. The van der Waals surface area contributed by atoms with E-state index in [2.05, 4.69) is 64.1 Å². The Kier molecular flexibility index (Phi) is 3.67. The minimum absolute atomic E-state index is 0.593.